The van der Waals surface area contributed by atoms with Gasteiger partial charge in [-0.15, -0.1) is 0 Å². The molecule has 3 N–H and O–H groups in total. The number of aliphatic hydroxyl groups excluding tert-OH is 1. The van der Waals surface area contributed by atoms with Crippen LogP contribution in [0.15, 0.2) is 6.20 Å². The van der Waals surface area contributed by atoms with Gasteiger partial charge in [0.05, 0.1) is 11.0 Å². The Labute approximate surface area is 140 Å². The van der Waals surface area contributed by atoms with Crippen LogP contribution in [0.4, 0.5) is 5.13 Å². The maximum absolute atomic E-state index is 12.6. The molecule has 0 spiro atoms. The van der Waals surface area contributed by atoms with Crippen molar-refractivity contribution >= 4 is 22.4 Å². The largest absolute Gasteiger partial charge is 0.393 e. The van der Waals surface area contributed by atoms with Gasteiger partial charge in [0, 0.05) is 12.1 Å². The summed E-state index contributed by atoms with van der Waals surface area (Å²) in [7, 11) is 0. The minimum Gasteiger partial charge on any atom is -0.393 e. The Kier molecular flexibility index (Phi) is 3.94. The second-order valence-electron chi connectivity index (χ2n) is 7.67. The minimum absolute atomic E-state index is 0.0328. The van der Waals surface area contributed by atoms with Crippen LogP contribution in [0, 0.1) is 17.8 Å². The molecule has 0 radical (unpaired) electrons. The van der Waals surface area contributed by atoms with E-state index in [1.54, 1.807) is 6.20 Å². The van der Waals surface area contributed by atoms with Crippen molar-refractivity contribution in [2.45, 2.75) is 63.1 Å². The summed E-state index contributed by atoms with van der Waals surface area (Å²) in [5.41, 5.74) is -0.710. The third-order valence-corrected chi connectivity index (χ3v) is 6.97. The lowest BCUT2D eigenvalue weighted by atomic mass is 9.67. The van der Waals surface area contributed by atoms with Crippen LogP contribution in [0.2, 0.25) is 0 Å². The number of carbonyl (C=O) groups excluding carboxylic acids is 1. The highest BCUT2D eigenvalue weighted by Crippen LogP contribution is 2.45. The highest BCUT2D eigenvalue weighted by atomic mass is 32.1. The monoisotopic (exact) mass is 336 g/mol. The summed E-state index contributed by atoms with van der Waals surface area (Å²) in [6, 6.07) is 0. The first kappa shape index (κ1) is 15.5. The van der Waals surface area contributed by atoms with Gasteiger partial charge in [0.15, 0.2) is 5.13 Å². The van der Waals surface area contributed by atoms with Crippen molar-refractivity contribution in [2.75, 3.05) is 5.32 Å². The van der Waals surface area contributed by atoms with Crippen LogP contribution in [0.3, 0.4) is 0 Å². The van der Waals surface area contributed by atoms with Crippen LogP contribution < -0.4 is 5.32 Å². The van der Waals surface area contributed by atoms with Gasteiger partial charge >= 0.3 is 0 Å². The first-order chi connectivity index (χ1) is 11.0. The van der Waals surface area contributed by atoms with E-state index in [0.29, 0.717) is 17.0 Å². The van der Waals surface area contributed by atoms with Crippen LogP contribution in [-0.2, 0) is 10.4 Å². The van der Waals surface area contributed by atoms with Gasteiger partial charge in [-0.25, -0.2) is 4.98 Å². The van der Waals surface area contributed by atoms with E-state index in [1.165, 1.54) is 11.3 Å². The van der Waals surface area contributed by atoms with E-state index in [4.69, 9.17) is 0 Å². The van der Waals surface area contributed by atoms with Gasteiger partial charge in [-0.3, -0.25) is 4.79 Å². The number of hydrogen-bond acceptors (Lipinski definition) is 5. The Bertz CT molecular complexity index is 580. The zero-order chi connectivity index (χ0) is 16.0. The van der Waals surface area contributed by atoms with E-state index >= 15 is 0 Å². The molecule has 1 heterocycles. The van der Waals surface area contributed by atoms with Crippen LogP contribution in [-0.4, -0.2) is 27.2 Å². The third-order valence-electron chi connectivity index (χ3n) is 5.86. The summed E-state index contributed by atoms with van der Waals surface area (Å²) in [5, 5.41) is 23.7. The van der Waals surface area contributed by atoms with E-state index in [0.717, 1.165) is 56.2 Å². The molecule has 0 saturated heterocycles. The number of hydrogen-bond donors (Lipinski definition) is 3. The molecule has 1 aromatic heterocycles. The molecule has 3 fully saturated rings. The quantitative estimate of drug-likeness (QED) is 0.792. The molecule has 3 aliphatic rings. The standard InChI is InChI=1S/C17H24N2O3S/c20-13-7-10-4-11(8-13)6-12(5-10)15(21)19-16-18-9-14(23-16)17(22)2-1-3-17/h9-13,20,22H,1-8H2,(H,18,19,21)/t10-,11+,12?,13?. The van der Waals surface area contributed by atoms with E-state index in [-0.39, 0.29) is 17.9 Å². The molecule has 6 heteroatoms. The number of nitrogens with one attached hydrogen (secondary N) is 1. The molecule has 4 atom stereocenters. The predicted octanol–water partition coefficient (Wildman–Crippen LogP) is 2.64. The molecule has 2 unspecified atom stereocenters. The maximum Gasteiger partial charge on any atom is 0.229 e. The van der Waals surface area contributed by atoms with Crippen molar-refractivity contribution in [2.24, 2.45) is 17.8 Å². The van der Waals surface area contributed by atoms with Crippen molar-refractivity contribution < 1.29 is 15.0 Å². The molecule has 1 amide bonds. The molecule has 23 heavy (non-hydrogen) atoms. The number of thiazole rings is 1. The second-order valence-corrected chi connectivity index (χ2v) is 8.70. The van der Waals surface area contributed by atoms with Crippen LogP contribution in [0.25, 0.3) is 0 Å². The summed E-state index contributed by atoms with van der Waals surface area (Å²) >= 11 is 1.40. The van der Waals surface area contributed by atoms with Gasteiger partial charge in [0.1, 0.15) is 5.60 Å². The first-order valence-corrected chi connectivity index (χ1v) is 9.51. The van der Waals surface area contributed by atoms with Gasteiger partial charge in [-0.1, -0.05) is 11.3 Å². The SMILES string of the molecule is O=C(Nc1ncc(C2(O)CCC2)s1)C1C[C@H]2CC(O)C[C@@H](C1)C2. The third kappa shape index (κ3) is 3.04. The fraction of sp³-hybridized carbons (Fsp3) is 0.765. The summed E-state index contributed by atoms with van der Waals surface area (Å²) < 4.78 is 0. The summed E-state index contributed by atoms with van der Waals surface area (Å²) in [5.74, 6) is 1.05. The van der Waals surface area contributed by atoms with Crippen molar-refractivity contribution in [3.05, 3.63) is 11.1 Å². The number of anilines is 1. The predicted molar refractivity (Wildman–Crippen MR) is 88.1 cm³/mol. The maximum atomic E-state index is 12.6. The normalized spacial score (nSPS) is 35.4. The lowest BCUT2D eigenvalue weighted by molar-refractivity contribution is -0.123. The molecule has 3 saturated carbocycles. The Hall–Kier alpha value is -0.980. The smallest absolute Gasteiger partial charge is 0.229 e. The number of nitrogens with zero attached hydrogens (tertiary/aromatic N) is 1. The van der Waals surface area contributed by atoms with Gasteiger partial charge in [0.25, 0.3) is 0 Å². The van der Waals surface area contributed by atoms with E-state index < -0.39 is 5.60 Å². The molecule has 5 nitrogen and oxygen atoms in total. The number of rotatable bonds is 3. The summed E-state index contributed by atoms with van der Waals surface area (Å²) in [6.45, 7) is 0. The fourth-order valence-electron chi connectivity index (χ4n) is 4.54. The second kappa shape index (κ2) is 5.83. The van der Waals surface area contributed by atoms with Crippen molar-refractivity contribution in [1.82, 2.24) is 4.98 Å². The Morgan fingerprint density at radius 3 is 2.52 bits per heavy atom. The zero-order valence-corrected chi connectivity index (χ0v) is 14.0. The molecular weight excluding hydrogens is 312 g/mol. The van der Waals surface area contributed by atoms with Crippen LogP contribution >= 0.6 is 11.3 Å². The first-order valence-electron chi connectivity index (χ1n) is 8.69. The van der Waals surface area contributed by atoms with Gasteiger partial charge in [-0.05, 0) is 63.2 Å². The van der Waals surface area contributed by atoms with E-state index in [2.05, 4.69) is 10.3 Å². The Balaban J connectivity index is 1.38. The Morgan fingerprint density at radius 1 is 1.22 bits per heavy atom. The molecular formula is C17H24N2O3S. The fourth-order valence-corrected chi connectivity index (χ4v) is 5.51. The molecule has 0 aromatic carbocycles. The molecule has 1 aromatic rings. The highest BCUT2D eigenvalue weighted by Gasteiger charge is 2.39. The number of amides is 1. The van der Waals surface area contributed by atoms with E-state index in [1.807, 2.05) is 0 Å². The Morgan fingerprint density at radius 2 is 1.91 bits per heavy atom. The van der Waals surface area contributed by atoms with Crippen molar-refractivity contribution in [3.8, 4) is 0 Å². The van der Waals surface area contributed by atoms with Crippen LogP contribution in [0.5, 0.6) is 0 Å². The highest BCUT2D eigenvalue weighted by molar-refractivity contribution is 7.15. The summed E-state index contributed by atoms with van der Waals surface area (Å²) in [6.07, 6.45) is 8.75. The zero-order valence-electron chi connectivity index (χ0n) is 13.2. The van der Waals surface area contributed by atoms with Gasteiger partial charge < -0.3 is 15.5 Å². The van der Waals surface area contributed by atoms with E-state index in [9.17, 15) is 15.0 Å². The minimum atomic E-state index is -0.710. The molecule has 4 rings (SSSR count). The number of aromatic nitrogens is 1. The summed E-state index contributed by atoms with van der Waals surface area (Å²) in [4.78, 5) is 17.7. The number of carbonyl (C=O) groups is 1. The topological polar surface area (TPSA) is 82.5 Å². The number of fused-ring (bicyclic) bond motifs is 2. The van der Waals surface area contributed by atoms with Crippen LogP contribution in [0.1, 0.15) is 56.2 Å². The molecule has 3 aliphatic carbocycles. The average Bonchev–Trinajstić information content (AvgIpc) is 2.92. The lowest BCUT2D eigenvalue weighted by Gasteiger charge is -2.40. The number of aliphatic hydroxyl groups is 2. The van der Waals surface area contributed by atoms with Gasteiger partial charge in [0.2, 0.25) is 5.91 Å². The van der Waals surface area contributed by atoms with Crippen molar-refractivity contribution in [3.63, 3.8) is 0 Å². The van der Waals surface area contributed by atoms with Crippen molar-refractivity contribution in [1.29, 1.82) is 0 Å². The molecule has 126 valence electrons. The van der Waals surface area contributed by atoms with Gasteiger partial charge in [-0.2, -0.15) is 0 Å². The molecule has 0 aliphatic heterocycles. The lowest BCUT2D eigenvalue weighted by Crippen LogP contribution is -2.37. The average molecular weight is 336 g/mol. The molecule has 2 bridgehead atoms.